The zero-order valence-electron chi connectivity index (χ0n) is 10.9. The van der Waals surface area contributed by atoms with E-state index in [1.807, 2.05) is 25.1 Å². The summed E-state index contributed by atoms with van der Waals surface area (Å²) < 4.78 is 0. The van der Waals surface area contributed by atoms with Gasteiger partial charge in [-0.25, -0.2) is 0 Å². The summed E-state index contributed by atoms with van der Waals surface area (Å²) in [4.78, 5) is 16.5. The van der Waals surface area contributed by atoms with Crippen LogP contribution >= 0.6 is 0 Å². The molecule has 1 aromatic heterocycles. The highest BCUT2D eigenvalue weighted by molar-refractivity contribution is 5.86. The molecule has 1 amide bonds. The van der Waals surface area contributed by atoms with Gasteiger partial charge < -0.3 is 11.1 Å². The molecule has 0 radical (unpaired) electrons. The summed E-state index contributed by atoms with van der Waals surface area (Å²) in [5, 5.41) is 2.98. The highest BCUT2D eigenvalue weighted by Gasteiger charge is 2.35. The van der Waals surface area contributed by atoms with E-state index in [2.05, 4.69) is 10.3 Å². The van der Waals surface area contributed by atoms with Crippen LogP contribution in [0.15, 0.2) is 24.4 Å². The van der Waals surface area contributed by atoms with Gasteiger partial charge in [-0.1, -0.05) is 25.3 Å². The molecule has 18 heavy (non-hydrogen) atoms. The first-order valence-corrected chi connectivity index (χ1v) is 6.63. The summed E-state index contributed by atoms with van der Waals surface area (Å²) in [6.07, 6.45) is 6.57. The zero-order chi connectivity index (χ0) is 13.0. The van der Waals surface area contributed by atoms with Gasteiger partial charge >= 0.3 is 0 Å². The van der Waals surface area contributed by atoms with E-state index in [1.165, 1.54) is 6.42 Å². The van der Waals surface area contributed by atoms with Gasteiger partial charge in [0, 0.05) is 6.20 Å². The first-order chi connectivity index (χ1) is 8.62. The molecule has 1 saturated carbocycles. The number of hydrogen-bond acceptors (Lipinski definition) is 3. The molecule has 1 aliphatic carbocycles. The van der Waals surface area contributed by atoms with E-state index >= 15 is 0 Å². The Morgan fingerprint density at radius 2 is 2.11 bits per heavy atom. The predicted molar refractivity (Wildman–Crippen MR) is 70.8 cm³/mol. The maximum Gasteiger partial charge on any atom is 0.240 e. The van der Waals surface area contributed by atoms with Crippen molar-refractivity contribution < 1.29 is 4.79 Å². The second-order valence-corrected chi connectivity index (χ2v) is 5.17. The van der Waals surface area contributed by atoms with Crippen LogP contribution in [0.2, 0.25) is 0 Å². The van der Waals surface area contributed by atoms with Gasteiger partial charge in [-0.15, -0.1) is 0 Å². The van der Waals surface area contributed by atoms with Crippen LogP contribution in [0, 0.1) is 0 Å². The highest BCUT2D eigenvalue weighted by Crippen LogP contribution is 2.26. The summed E-state index contributed by atoms with van der Waals surface area (Å²) in [6, 6.07) is 5.60. The molecule has 1 fully saturated rings. The maximum absolute atomic E-state index is 12.2. The molecule has 4 nitrogen and oxygen atoms in total. The molecule has 0 saturated heterocycles. The van der Waals surface area contributed by atoms with E-state index in [0.29, 0.717) is 0 Å². The summed E-state index contributed by atoms with van der Waals surface area (Å²) in [6.45, 7) is 1.94. The van der Waals surface area contributed by atoms with Gasteiger partial charge in [0.25, 0.3) is 0 Å². The number of amides is 1. The zero-order valence-corrected chi connectivity index (χ0v) is 10.9. The Morgan fingerprint density at radius 3 is 2.72 bits per heavy atom. The molecule has 3 N–H and O–H groups in total. The molecule has 0 spiro atoms. The fourth-order valence-corrected chi connectivity index (χ4v) is 2.46. The fourth-order valence-electron chi connectivity index (χ4n) is 2.46. The van der Waals surface area contributed by atoms with Gasteiger partial charge in [-0.3, -0.25) is 9.78 Å². The third-order valence-corrected chi connectivity index (χ3v) is 3.68. The Hall–Kier alpha value is -1.42. The Morgan fingerprint density at radius 1 is 1.39 bits per heavy atom. The van der Waals surface area contributed by atoms with Gasteiger partial charge in [0.05, 0.1) is 17.3 Å². The van der Waals surface area contributed by atoms with E-state index in [1.54, 1.807) is 6.20 Å². The minimum absolute atomic E-state index is 0.0413. The monoisotopic (exact) mass is 247 g/mol. The Balaban J connectivity index is 1.98. The summed E-state index contributed by atoms with van der Waals surface area (Å²) in [7, 11) is 0. The summed E-state index contributed by atoms with van der Waals surface area (Å²) >= 11 is 0. The lowest BCUT2D eigenvalue weighted by Crippen LogP contribution is -2.55. The lowest BCUT2D eigenvalue weighted by atomic mass is 9.81. The lowest BCUT2D eigenvalue weighted by Gasteiger charge is -2.32. The van der Waals surface area contributed by atoms with Crippen molar-refractivity contribution in [3.63, 3.8) is 0 Å². The van der Waals surface area contributed by atoms with E-state index in [4.69, 9.17) is 5.73 Å². The van der Waals surface area contributed by atoms with Gasteiger partial charge in [0.2, 0.25) is 5.91 Å². The van der Waals surface area contributed by atoms with Crippen LogP contribution in [0.3, 0.4) is 0 Å². The highest BCUT2D eigenvalue weighted by atomic mass is 16.2. The number of rotatable bonds is 3. The molecule has 0 bridgehead atoms. The maximum atomic E-state index is 12.2. The Bertz CT molecular complexity index is 399. The minimum atomic E-state index is -0.679. The van der Waals surface area contributed by atoms with Crippen LogP contribution in [0.4, 0.5) is 0 Å². The molecule has 0 aliphatic heterocycles. The quantitative estimate of drug-likeness (QED) is 0.857. The third-order valence-electron chi connectivity index (χ3n) is 3.68. The molecule has 4 heteroatoms. The predicted octanol–water partition coefficient (Wildman–Crippen LogP) is 1.92. The lowest BCUT2D eigenvalue weighted by molar-refractivity contribution is -0.128. The number of hydrogen-bond donors (Lipinski definition) is 2. The topological polar surface area (TPSA) is 68.0 Å². The Kier molecular flexibility index (Phi) is 3.97. The van der Waals surface area contributed by atoms with Gasteiger partial charge in [0.1, 0.15) is 0 Å². The standard InChI is InChI=1S/C14H21N3O/c1-11(12-7-3-6-10-16-12)17-13(18)14(15)8-4-2-5-9-14/h3,6-7,10-11H,2,4-5,8-9,15H2,1H3,(H,17,18)/t11-/m1/s1. The number of nitrogens with zero attached hydrogens (tertiary/aromatic N) is 1. The number of aromatic nitrogens is 1. The van der Waals surface area contributed by atoms with Crippen LogP contribution in [0.1, 0.15) is 50.8 Å². The average molecular weight is 247 g/mol. The Labute approximate surface area is 108 Å². The van der Waals surface area contributed by atoms with Crippen molar-refractivity contribution >= 4 is 5.91 Å². The smallest absolute Gasteiger partial charge is 0.240 e. The van der Waals surface area contributed by atoms with Gasteiger partial charge in [-0.2, -0.15) is 0 Å². The van der Waals surface area contributed by atoms with Crippen LogP contribution in [0.5, 0.6) is 0 Å². The van der Waals surface area contributed by atoms with E-state index in [9.17, 15) is 4.79 Å². The molecular weight excluding hydrogens is 226 g/mol. The molecule has 0 aromatic carbocycles. The third kappa shape index (κ3) is 2.88. The van der Waals surface area contributed by atoms with Crippen molar-refractivity contribution in [3.05, 3.63) is 30.1 Å². The van der Waals surface area contributed by atoms with Crippen molar-refractivity contribution in [2.24, 2.45) is 5.73 Å². The van der Waals surface area contributed by atoms with Gasteiger partial charge in [-0.05, 0) is 31.9 Å². The molecule has 1 aliphatic rings. The van der Waals surface area contributed by atoms with Gasteiger partial charge in [0.15, 0.2) is 0 Å². The van der Waals surface area contributed by atoms with Crippen molar-refractivity contribution in [1.29, 1.82) is 0 Å². The first-order valence-electron chi connectivity index (χ1n) is 6.63. The van der Waals surface area contributed by atoms with Crippen LogP contribution in [-0.2, 0) is 4.79 Å². The van der Waals surface area contributed by atoms with E-state index < -0.39 is 5.54 Å². The minimum Gasteiger partial charge on any atom is -0.346 e. The van der Waals surface area contributed by atoms with E-state index in [-0.39, 0.29) is 11.9 Å². The number of pyridine rings is 1. The summed E-state index contributed by atoms with van der Waals surface area (Å²) in [5.41, 5.74) is 6.38. The van der Waals surface area contributed by atoms with Crippen molar-refractivity contribution in [1.82, 2.24) is 10.3 Å². The molecule has 98 valence electrons. The number of nitrogens with one attached hydrogen (secondary N) is 1. The molecule has 2 rings (SSSR count). The molecule has 1 atom stereocenters. The second kappa shape index (κ2) is 5.48. The second-order valence-electron chi connectivity index (χ2n) is 5.17. The molecular formula is C14H21N3O. The molecule has 0 unspecified atom stereocenters. The normalized spacial score (nSPS) is 20.1. The number of carbonyl (C=O) groups excluding carboxylic acids is 1. The van der Waals surface area contributed by atoms with Crippen molar-refractivity contribution in [3.8, 4) is 0 Å². The largest absolute Gasteiger partial charge is 0.346 e. The number of nitrogens with two attached hydrogens (primary N) is 1. The first kappa shape index (κ1) is 13.0. The molecule has 1 heterocycles. The average Bonchev–Trinajstić information content (AvgIpc) is 2.40. The number of carbonyl (C=O) groups is 1. The van der Waals surface area contributed by atoms with Crippen molar-refractivity contribution in [2.75, 3.05) is 0 Å². The SMILES string of the molecule is C[C@@H](NC(=O)C1(N)CCCCC1)c1ccccn1. The fraction of sp³-hybridized carbons (Fsp3) is 0.571. The van der Waals surface area contributed by atoms with Crippen LogP contribution in [0.25, 0.3) is 0 Å². The van der Waals surface area contributed by atoms with Crippen LogP contribution in [-0.4, -0.2) is 16.4 Å². The van der Waals surface area contributed by atoms with Crippen molar-refractivity contribution in [2.45, 2.75) is 50.6 Å². The summed E-state index contributed by atoms with van der Waals surface area (Å²) in [5.74, 6) is -0.0413. The van der Waals surface area contributed by atoms with Crippen LogP contribution < -0.4 is 11.1 Å². The van der Waals surface area contributed by atoms with E-state index in [0.717, 1.165) is 31.4 Å². The molecule has 1 aromatic rings.